The van der Waals surface area contributed by atoms with Crippen LogP contribution in [0.2, 0.25) is 0 Å². The summed E-state index contributed by atoms with van der Waals surface area (Å²) in [5.41, 5.74) is 3.72. The van der Waals surface area contributed by atoms with Crippen LogP contribution in [-0.2, 0) is 4.79 Å². The first kappa shape index (κ1) is 22.3. The fourth-order valence-corrected chi connectivity index (χ4v) is 4.52. The van der Waals surface area contributed by atoms with E-state index < -0.39 is 0 Å². The van der Waals surface area contributed by atoms with Crippen LogP contribution >= 0.6 is 11.8 Å². The standard InChI is InChI=1S/C26H20N6O2S/c1-34-21-13-11-19(12-14-21)31-23-10-6-5-9-22(23)29-26(31)35-17-24(33)30-25-18(15-27)16-28-32(25)20-7-3-2-4-8-20/h2-14,16H,17H2,1H3,(H,30,33). The Hall–Kier alpha value is -4.55. The van der Waals surface area contributed by atoms with Crippen LogP contribution < -0.4 is 10.1 Å². The molecule has 35 heavy (non-hydrogen) atoms. The number of nitrogens with one attached hydrogen (secondary N) is 1. The molecule has 0 radical (unpaired) electrons. The van der Waals surface area contributed by atoms with E-state index >= 15 is 0 Å². The number of aromatic nitrogens is 4. The van der Waals surface area contributed by atoms with E-state index in [1.807, 2.05) is 83.4 Å². The largest absolute Gasteiger partial charge is 0.497 e. The number of benzene rings is 3. The predicted octanol–water partition coefficient (Wildman–Crippen LogP) is 4.82. The van der Waals surface area contributed by atoms with Crippen molar-refractivity contribution in [1.82, 2.24) is 19.3 Å². The van der Waals surface area contributed by atoms with Crippen molar-refractivity contribution in [2.24, 2.45) is 0 Å². The van der Waals surface area contributed by atoms with Gasteiger partial charge in [0.25, 0.3) is 0 Å². The number of methoxy groups -OCH3 is 1. The first-order valence-electron chi connectivity index (χ1n) is 10.8. The van der Waals surface area contributed by atoms with Crippen LogP contribution in [0.15, 0.2) is 90.2 Å². The lowest BCUT2D eigenvalue weighted by molar-refractivity contribution is -0.113. The second-order valence-electron chi connectivity index (χ2n) is 7.52. The van der Waals surface area contributed by atoms with Gasteiger partial charge in [-0.1, -0.05) is 42.1 Å². The zero-order valence-electron chi connectivity index (χ0n) is 18.8. The normalized spacial score (nSPS) is 10.7. The van der Waals surface area contributed by atoms with Crippen molar-refractivity contribution < 1.29 is 9.53 Å². The molecule has 0 bridgehead atoms. The number of imidazole rings is 1. The summed E-state index contributed by atoms with van der Waals surface area (Å²) in [7, 11) is 1.63. The molecule has 0 spiro atoms. The summed E-state index contributed by atoms with van der Waals surface area (Å²) in [6.07, 6.45) is 1.44. The van der Waals surface area contributed by atoms with Crippen LogP contribution in [0.5, 0.6) is 5.75 Å². The van der Waals surface area contributed by atoms with Gasteiger partial charge in [-0.05, 0) is 48.5 Å². The van der Waals surface area contributed by atoms with Crippen molar-refractivity contribution in [3.63, 3.8) is 0 Å². The SMILES string of the molecule is COc1ccc(-n2c(SCC(=O)Nc3c(C#N)cnn3-c3ccccc3)nc3ccccc32)cc1. The molecule has 0 saturated heterocycles. The number of rotatable bonds is 7. The summed E-state index contributed by atoms with van der Waals surface area (Å²) in [5, 5.41) is 17.3. The number of amides is 1. The van der Waals surface area contributed by atoms with Gasteiger partial charge in [0.2, 0.25) is 5.91 Å². The molecule has 5 rings (SSSR count). The molecule has 1 N–H and O–H groups in total. The zero-order valence-corrected chi connectivity index (χ0v) is 19.6. The second kappa shape index (κ2) is 9.75. The van der Waals surface area contributed by atoms with Crippen molar-refractivity contribution in [3.8, 4) is 23.2 Å². The molecule has 0 atom stereocenters. The molecule has 1 amide bonds. The molecule has 0 aliphatic heterocycles. The van der Waals surface area contributed by atoms with E-state index in [9.17, 15) is 10.1 Å². The molecule has 2 heterocycles. The van der Waals surface area contributed by atoms with Crippen LogP contribution in [0.1, 0.15) is 5.56 Å². The van der Waals surface area contributed by atoms with Gasteiger partial charge in [0, 0.05) is 5.69 Å². The Labute approximate surface area is 205 Å². The van der Waals surface area contributed by atoms with Gasteiger partial charge in [-0.2, -0.15) is 10.4 Å². The Bertz CT molecular complexity index is 1530. The van der Waals surface area contributed by atoms with Crippen molar-refractivity contribution >= 4 is 34.5 Å². The molecule has 0 unspecified atom stereocenters. The number of nitriles is 1. The molecule has 0 aliphatic carbocycles. The molecule has 0 fully saturated rings. The number of para-hydroxylation sites is 3. The lowest BCUT2D eigenvalue weighted by Crippen LogP contribution is -2.18. The quantitative estimate of drug-likeness (QED) is 0.335. The number of anilines is 1. The van der Waals surface area contributed by atoms with E-state index in [0.717, 1.165) is 28.2 Å². The van der Waals surface area contributed by atoms with Crippen molar-refractivity contribution in [3.05, 3.63) is 90.6 Å². The number of carbonyl (C=O) groups excluding carboxylic acids is 1. The number of fused-ring (bicyclic) bond motifs is 1. The van der Waals surface area contributed by atoms with Gasteiger partial charge >= 0.3 is 0 Å². The maximum Gasteiger partial charge on any atom is 0.236 e. The number of thioether (sulfide) groups is 1. The number of carbonyl (C=O) groups is 1. The molecule has 0 aliphatic rings. The molecule has 172 valence electrons. The predicted molar refractivity (Wildman–Crippen MR) is 135 cm³/mol. The monoisotopic (exact) mass is 480 g/mol. The molecule has 3 aromatic carbocycles. The Morgan fingerprint density at radius 2 is 1.77 bits per heavy atom. The second-order valence-corrected chi connectivity index (χ2v) is 8.46. The van der Waals surface area contributed by atoms with Crippen LogP contribution in [0.4, 0.5) is 5.82 Å². The lowest BCUT2D eigenvalue weighted by atomic mass is 10.2. The molecule has 8 nitrogen and oxygen atoms in total. The zero-order chi connectivity index (χ0) is 24.2. The maximum absolute atomic E-state index is 12.9. The van der Waals surface area contributed by atoms with Gasteiger partial charge in [0.05, 0.1) is 35.8 Å². The van der Waals surface area contributed by atoms with Gasteiger partial charge in [-0.25, -0.2) is 9.67 Å². The van der Waals surface area contributed by atoms with E-state index in [-0.39, 0.29) is 17.2 Å². The molecule has 0 saturated carbocycles. The summed E-state index contributed by atoms with van der Waals surface area (Å²) in [5.74, 6) is 0.935. The van der Waals surface area contributed by atoms with Crippen molar-refractivity contribution in [2.45, 2.75) is 5.16 Å². The highest BCUT2D eigenvalue weighted by Gasteiger charge is 2.18. The Morgan fingerprint density at radius 1 is 1.03 bits per heavy atom. The topological polar surface area (TPSA) is 97.8 Å². The minimum atomic E-state index is -0.266. The van der Waals surface area contributed by atoms with Crippen LogP contribution in [0.25, 0.3) is 22.4 Å². The number of ether oxygens (including phenoxy) is 1. The Kier molecular flexibility index (Phi) is 6.20. The van der Waals surface area contributed by atoms with E-state index in [2.05, 4.69) is 16.5 Å². The van der Waals surface area contributed by atoms with E-state index in [4.69, 9.17) is 9.72 Å². The van der Waals surface area contributed by atoms with E-state index in [0.29, 0.717) is 11.0 Å². The first-order chi connectivity index (χ1) is 17.2. The smallest absolute Gasteiger partial charge is 0.236 e. The number of nitrogens with zero attached hydrogens (tertiary/aromatic N) is 5. The molecule has 2 aromatic heterocycles. The summed E-state index contributed by atoms with van der Waals surface area (Å²) in [6, 6.07) is 26.9. The summed E-state index contributed by atoms with van der Waals surface area (Å²) < 4.78 is 8.85. The highest BCUT2D eigenvalue weighted by Crippen LogP contribution is 2.29. The van der Waals surface area contributed by atoms with Gasteiger partial charge < -0.3 is 10.1 Å². The highest BCUT2D eigenvalue weighted by atomic mass is 32.2. The Balaban J connectivity index is 1.40. The maximum atomic E-state index is 12.9. The van der Waals surface area contributed by atoms with Gasteiger partial charge in [-0.15, -0.1) is 0 Å². The highest BCUT2D eigenvalue weighted by molar-refractivity contribution is 7.99. The van der Waals surface area contributed by atoms with Crippen LogP contribution in [-0.4, -0.2) is 38.1 Å². The first-order valence-corrected chi connectivity index (χ1v) is 11.7. The lowest BCUT2D eigenvalue weighted by Gasteiger charge is -2.11. The minimum Gasteiger partial charge on any atom is -0.497 e. The third-order valence-corrected chi connectivity index (χ3v) is 6.28. The van der Waals surface area contributed by atoms with Gasteiger partial charge in [-0.3, -0.25) is 9.36 Å². The third-order valence-electron chi connectivity index (χ3n) is 5.34. The summed E-state index contributed by atoms with van der Waals surface area (Å²) >= 11 is 1.32. The summed E-state index contributed by atoms with van der Waals surface area (Å²) in [6.45, 7) is 0. The fourth-order valence-electron chi connectivity index (χ4n) is 3.70. The van der Waals surface area contributed by atoms with E-state index in [1.54, 1.807) is 11.8 Å². The third kappa shape index (κ3) is 4.47. The molecule has 5 aromatic rings. The van der Waals surface area contributed by atoms with Crippen molar-refractivity contribution in [1.29, 1.82) is 5.26 Å². The summed E-state index contributed by atoms with van der Waals surface area (Å²) in [4.78, 5) is 17.7. The average molecular weight is 481 g/mol. The van der Waals surface area contributed by atoms with Crippen LogP contribution in [0.3, 0.4) is 0 Å². The number of hydrogen-bond donors (Lipinski definition) is 1. The Morgan fingerprint density at radius 3 is 2.51 bits per heavy atom. The van der Waals surface area contributed by atoms with Gasteiger partial charge in [0.1, 0.15) is 17.4 Å². The fraction of sp³-hybridized carbons (Fsp3) is 0.0769. The van der Waals surface area contributed by atoms with Crippen LogP contribution in [0, 0.1) is 11.3 Å². The number of hydrogen-bond acceptors (Lipinski definition) is 6. The van der Waals surface area contributed by atoms with Gasteiger partial charge in [0.15, 0.2) is 11.0 Å². The molecular formula is C26H20N6O2S. The average Bonchev–Trinajstić information content (AvgIpc) is 3.49. The van der Waals surface area contributed by atoms with E-state index in [1.165, 1.54) is 18.0 Å². The molecule has 9 heteroatoms. The molecular weight excluding hydrogens is 460 g/mol. The minimum absolute atomic E-state index is 0.102. The van der Waals surface area contributed by atoms with Crippen molar-refractivity contribution in [2.75, 3.05) is 18.2 Å².